The summed E-state index contributed by atoms with van der Waals surface area (Å²) in [4.78, 5) is 22.8. The van der Waals surface area contributed by atoms with Crippen LogP contribution in [-0.4, -0.2) is 28.2 Å². The molecule has 0 spiro atoms. The van der Waals surface area contributed by atoms with E-state index in [1.54, 1.807) is 45.0 Å². The number of rotatable bonds is 3. The zero-order valence-electron chi connectivity index (χ0n) is 11.6. The van der Waals surface area contributed by atoms with Crippen molar-refractivity contribution in [2.45, 2.75) is 32.4 Å². The standard InChI is InChI=1S/C13H18N2O4.H2O/c1-13(2,3)19-12(18)15-10(11(16)17)8-4-6-9(14)7-5-8;/h4-7,10H,14H2,1-3H3,(H,15,18)(H,16,17);1H2/t10-;/m1./s1. The Balaban J connectivity index is 0.00000361. The Hall–Kier alpha value is -2.28. The minimum absolute atomic E-state index is 0. The van der Waals surface area contributed by atoms with Gasteiger partial charge in [0.25, 0.3) is 0 Å². The summed E-state index contributed by atoms with van der Waals surface area (Å²) in [6.07, 6.45) is -0.781. The maximum atomic E-state index is 11.6. The summed E-state index contributed by atoms with van der Waals surface area (Å²) in [5, 5.41) is 11.4. The quantitative estimate of drug-likeness (QED) is 0.714. The molecule has 0 fully saturated rings. The molecular formula is C13H20N2O5. The molecule has 0 radical (unpaired) electrons. The maximum Gasteiger partial charge on any atom is 0.408 e. The van der Waals surface area contributed by atoms with E-state index in [0.29, 0.717) is 11.3 Å². The second-order valence-electron chi connectivity index (χ2n) is 5.08. The number of ether oxygens (including phenoxy) is 1. The van der Waals surface area contributed by atoms with Gasteiger partial charge in [-0.05, 0) is 38.5 Å². The molecule has 112 valence electrons. The lowest BCUT2D eigenvalue weighted by Gasteiger charge is -2.22. The Morgan fingerprint density at radius 1 is 1.25 bits per heavy atom. The first-order valence-corrected chi connectivity index (χ1v) is 5.77. The number of anilines is 1. The van der Waals surface area contributed by atoms with E-state index in [1.807, 2.05) is 0 Å². The average molecular weight is 284 g/mol. The van der Waals surface area contributed by atoms with E-state index in [1.165, 1.54) is 0 Å². The van der Waals surface area contributed by atoms with E-state index in [9.17, 15) is 9.59 Å². The summed E-state index contributed by atoms with van der Waals surface area (Å²) >= 11 is 0. The van der Waals surface area contributed by atoms with Crippen LogP contribution >= 0.6 is 0 Å². The number of carbonyl (C=O) groups is 2. The van der Waals surface area contributed by atoms with E-state index in [-0.39, 0.29) is 5.48 Å². The van der Waals surface area contributed by atoms with Gasteiger partial charge in [-0.2, -0.15) is 0 Å². The van der Waals surface area contributed by atoms with Crippen LogP contribution in [0.1, 0.15) is 32.4 Å². The van der Waals surface area contributed by atoms with Gasteiger partial charge in [0.15, 0.2) is 6.04 Å². The van der Waals surface area contributed by atoms with Crippen LogP contribution < -0.4 is 11.1 Å². The largest absolute Gasteiger partial charge is 0.479 e. The Morgan fingerprint density at radius 2 is 1.75 bits per heavy atom. The molecule has 1 aromatic rings. The first-order valence-electron chi connectivity index (χ1n) is 5.77. The van der Waals surface area contributed by atoms with Crippen LogP contribution in [0.15, 0.2) is 24.3 Å². The third-order valence-corrected chi connectivity index (χ3v) is 2.18. The molecule has 0 bridgehead atoms. The van der Waals surface area contributed by atoms with Crippen LogP contribution in [0.4, 0.5) is 10.5 Å². The second-order valence-corrected chi connectivity index (χ2v) is 5.08. The molecule has 1 amide bonds. The number of hydrogen-bond donors (Lipinski definition) is 3. The Labute approximate surface area is 117 Å². The zero-order chi connectivity index (χ0) is 14.6. The maximum absolute atomic E-state index is 11.6. The number of nitrogens with one attached hydrogen (secondary N) is 1. The van der Waals surface area contributed by atoms with Crippen molar-refractivity contribution in [1.29, 1.82) is 0 Å². The molecule has 1 atom stereocenters. The molecule has 0 saturated carbocycles. The van der Waals surface area contributed by atoms with Crippen molar-refractivity contribution in [2.75, 3.05) is 5.73 Å². The highest BCUT2D eigenvalue weighted by molar-refractivity contribution is 5.81. The Morgan fingerprint density at radius 3 is 2.15 bits per heavy atom. The third-order valence-electron chi connectivity index (χ3n) is 2.18. The number of carboxylic acids is 1. The number of alkyl carbamates (subject to hydrolysis) is 1. The Bertz CT molecular complexity index is 465. The van der Waals surface area contributed by atoms with Crippen LogP contribution in [0, 0.1) is 0 Å². The van der Waals surface area contributed by atoms with Crippen molar-refractivity contribution in [1.82, 2.24) is 5.32 Å². The first-order chi connectivity index (χ1) is 8.69. The molecule has 7 heteroatoms. The fourth-order valence-corrected chi connectivity index (χ4v) is 1.40. The van der Waals surface area contributed by atoms with Gasteiger partial charge in [0.1, 0.15) is 5.60 Å². The van der Waals surface area contributed by atoms with Gasteiger partial charge < -0.3 is 26.4 Å². The summed E-state index contributed by atoms with van der Waals surface area (Å²) in [6, 6.07) is 5.07. The van der Waals surface area contributed by atoms with Crippen LogP contribution in [0.25, 0.3) is 0 Å². The summed E-state index contributed by atoms with van der Waals surface area (Å²) in [5.74, 6) is -1.17. The number of nitrogen functional groups attached to an aromatic ring is 1. The van der Waals surface area contributed by atoms with Gasteiger partial charge in [-0.15, -0.1) is 0 Å². The topological polar surface area (TPSA) is 133 Å². The number of nitrogens with two attached hydrogens (primary N) is 1. The van der Waals surface area contributed by atoms with Gasteiger partial charge in [-0.3, -0.25) is 0 Å². The van der Waals surface area contributed by atoms with Crippen molar-refractivity contribution in [3.05, 3.63) is 29.8 Å². The second kappa shape index (κ2) is 6.76. The lowest BCUT2D eigenvalue weighted by Crippen LogP contribution is -2.38. The van der Waals surface area contributed by atoms with Crippen molar-refractivity contribution in [2.24, 2.45) is 0 Å². The molecule has 0 unspecified atom stereocenters. The normalized spacial score (nSPS) is 11.9. The highest BCUT2D eigenvalue weighted by Crippen LogP contribution is 2.16. The number of amides is 1. The number of benzene rings is 1. The van der Waals surface area contributed by atoms with Crippen molar-refractivity contribution >= 4 is 17.7 Å². The molecule has 20 heavy (non-hydrogen) atoms. The van der Waals surface area contributed by atoms with E-state index >= 15 is 0 Å². The van der Waals surface area contributed by atoms with Crippen molar-refractivity contribution < 1.29 is 24.9 Å². The Kier molecular flexibility index (Phi) is 5.99. The molecule has 1 aromatic carbocycles. The summed E-state index contributed by atoms with van der Waals surface area (Å²) < 4.78 is 5.03. The number of hydrogen-bond acceptors (Lipinski definition) is 4. The summed E-state index contributed by atoms with van der Waals surface area (Å²) in [6.45, 7) is 5.10. The molecule has 0 saturated heterocycles. The van der Waals surface area contributed by atoms with E-state index in [2.05, 4.69) is 5.32 Å². The molecule has 7 nitrogen and oxygen atoms in total. The predicted octanol–water partition coefficient (Wildman–Crippen LogP) is 1.09. The number of carboxylic acid groups (broad SMARTS) is 1. The van der Waals surface area contributed by atoms with E-state index in [0.717, 1.165) is 0 Å². The van der Waals surface area contributed by atoms with Crippen LogP contribution in [0.5, 0.6) is 0 Å². The monoisotopic (exact) mass is 284 g/mol. The smallest absolute Gasteiger partial charge is 0.408 e. The molecule has 0 aliphatic heterocycles. The SMILES string of the molecule is CC(C)(C)OC(=O)N[C@@H](C(=O)O)c1ccc(N)cc1.O. The van der Waals surface area contributed by atoms with Crippen LogP contribution in [-0.2, 0) is 9.53 Å². The summed E-state index contributed by atoms with van der Waals surface area (Å²) in [7, 11) is 0. The molecule has 0 heterocycles. The predicted molar refractivity (Wildman–Crippen MR) is 74.2 cm³/mol. The number of aliphatic carboxylic acids is 1. The fourth-order valence-electron chi connectivity index (χ4n) is 1.40. The van der Waals surface area contributed by atoms with Gasteiger partial charge >= 0.3 is 12.1 Å². The van der Waals surface area contributed by atoms with Crippen LogP contribution in [0.3, 0.4) is 0 Å². The minimum Gasteiger partial charge on any atom is -0.479 e. The first kappa shape index (κ1) is 17.7. The number of carbonyl (C=O) groups excluding carboxylic acids is 1. The highest BCUT2D eigenvalue weighted by atomic mass is 16.6. The van der Waals surface area contributed by atoms with Gasteiger partial charge in [0.05, 0.1) is 0 Å². The van der Waals surface area contributed by atoms with E-state index in [4.69, 9.17) is 15.6 Å². The highest BCUT2D eigenvalue weighted by Gasteiger charge is 2.25. The minimum atomic E-state index is -1.17. The lowest BCUT2D eigenvalue weighted by atomic mass is 10.1. The van der Waals surface area contributed by atoms with Gasteiger partial charge in [0, 0.05) is 5.69 Å². The zero-order valence-corrected chi connectivity index (χ0v) is 11.6. The van der Waals surface area contributed by atoms with E-state index < -0.39 is 23.7 Å². The van der Waals surface area contributed by atoms with Gasteiger partial charge in [0.2, 0.25) is 0 Å². The summed E-state index contributed by atoms with van der Waals surface area (Å²) in [5.41, 5.74) is 5.78. The molecule has 6 N–H and O–H groups in total. The van der Waals surface area contributed by atoms with Crippen LogP contribution in [0.2, 0.25) is 0 Å². The molecular weight excluding hydrogens is 264 g/mol. The van der Waals surface area contributed by atoms with Gasteiger partial charge in [-0.1, -0.05) is 12.1 Å². The fraction of sp³-hybridized carbons (Fsp3) is 0.385. The molecule has 1 rings (SSSR count). The average Bonchev–Trinajstić information content (AvgIpc) is 2.24. The third kappa shape index (κ3) is 5.57. The van der Waals surface area contributed by atoms with Crippen molar-refractivity contribution in [3.8, 4) is 0 Å². The van der Waals surface area contributed by atoms with Gasteiger partial charge in [-0.25, -0.2) is 9.59 Å². The molecule has 0 aliphatic rings. The molecule has 0 aromatic heterocycles. The van der Waals surface area contributed by atoms with Crippen molar-refractivity contribution in [3.63, 3.8) is 0 Å². The molecule has 0 aliphatic carbocycles. The lowest BCUT2D eigenvalue weighted by molar-refractivity contribution is -0.139.